The zero-order valence-corrected chi connectivity index (χ0v) is 11.1. The van der Waals surface area contributed by atoms with Gasteiger partial charge in [0.2, 0.25) is 6.79 Å². The van der Waals surface area contributed by atoms with Gasteiger partial charge in [-0.25, -0.2) is 14.2 Å². The third kappa shape index (κ3) is 2.02. The molecule has 3 rings (SSSR count). The molecular weight excluding hydrogens is 303 g/mol. The van der Waals surface area contributed by atoms with Crippen LogP contribution in [0.1, 0.15) is 10.5 Å². The zero-order valence-electron chi connectivity index (χ0n) is 10.4. The summed E-state index contributed by atoms with van der Waals surface area (Å²) >= 11 is 5.71. The van der Waals surface area contributed by atoms with Crippen molar-refractivity contribution in [2.24, 2.45) is 0 Å². The third-order valence-electron chi connectivity index (χ3n) is 2.97. The summed E-state index contributed by atoms with van der Waals surface area (Å²) in [5, 5.41) is 8.63. The molecule has 1 aromatic carbocycles. The van der Waals surface area contributed by atoms with Crippen molar-refractivity contribution in [3.05, 3.63) is 34.7 Å². The molecule has 0 saturated carbocycles. The summed E-state index contributed by atoms with van der Waals surface area (Å²) in [6, 6.07) is 4.77. The van der Waals surface area contributed by atoms with E-state index in [-0.39, 0.29) is 23.8 Å². The van der Waals surface area contributed by atoms with Crippen LogP contribution in [0.25, 0.3) is 11.3 Å². The quantitative estimate of drug-likeness (QED) is 0.885. The molecule has 0 spiro atoms. The summed E-state index contributed by atoms with van der Waals surface area (Å²) in [6.45, 7) is -0.0111. The van der Waals surface area contributed by atoms with Crippen molar-refractivity contribution in [3.63, 3.8) is 0 Å². The predicted molar refractivity (Wildman–Crippen MR) is 72.1 cm³/mol. The van der Waals surface area contributed by atoms with Crippen LogP contribution >= 0.6 is 11.6 Å². The Morgan fingerprint density at radius 2 is 2.19 bits per heavy atom. The first kappa shape index (κ1) is 13.4. The Kier molecular flexibility index (Phi) is 3.06. The van der Waals surface area contributed by atoms with Gasteiger partial charge in [0.05, 0.1) is 10.7 Å². The van der Waals surface area contributed by atoms with Crippen LogP contribution in [0.5, 0.6) is 11.5 Å². The molecule has 0 unspecified atom stereocenters. The van der Waals surface area contributed by atoms with Gasteiger partial charge >= 0.3 is 5.97 Å². The van der Waals surface area contributed by atoms with Crippen molar-refractivity contribution < 1.29 is 23.8 Å². The number of nitrogens with two attached hydrogens (primary N) is 1. The van der Waals surface area contributed by atoms with E-state index in [0.717, 1.165) is 0 Å². The number of anilines is 1. The number of carboxylic acids is 1. The number of ether oxygens (including phenoxy) is 2. The fraction of sp³-hybridized carbons (Fsp3) is 0.0769. The minimum Gasteiger partial charge on any atom is -0.476 e. The first-order valence-corrected chi connectivity index (χ1v) is 6.15. The summed E-state index contributed by atoms with van der Waals surface area (Å²) < 4.78 is 24.7. The molecule has 21 heavy (non-hydrogen) atoms. The number of nitrogens with zero attached hydrogens (tertiary/aromatic N) is 1. The van der Waals surface area contributed by atoms with Crippen molar-refractivity contribution >= 4 is 23.3 Å². The summed E-state index contributed by atoms with van der Waals surface area (Å²) in [4.78, 5) is 14.9. The maximum atomic E-state index is 14.3. The second kappa shape index (κ2) is 4.78. The molecule has 8 heteroatoms. The maximum Gasteiger partial charge on any atom is 0.356 e. The highest BCUT2D eigenvalue weighted by atomic mass is 35.5. The van der Waals surface area contributed by atoms with Crippen molar-refractivity contribution in [2.75, 3.05) is 12.5 Å². The van der Waals surface area contributed by atoms with E-state index in [1.807, 2.05) is 0 Å². The lowest BCUT2D eigenvalue weighted by atomic mass is 10.1. The SMILES string of the molecule is Nc1c(F)c(-c2cccc3c2OCO3)nc(C(=O)O)c1Cl. The van der Waals surface area contributed by atoms with Crippen LogP contribution in [0.15, 0.2) is 18.2 Å². The largest absolute Gasteiger partial charge is 0.476 e. The molecule has 0 atom stereocenters. The third-order valence-corrected chi connectivity index (χ3v) is 3.35. The number of carbonyl (C=O) groups is 1. The van der Waals surface area contributed by atoms with E-state index in [0.29, 0.717) is 5.75 Å². The van der Waals surface area contributed by atoms with E-state index in [9.17, 15) is 9.18 Å². The van der Waals surface area contributed by atoms with Crippen molar-refractivity contribution in [2.45, 2.75) is 0 Å². The van der Waals surface area contributed by atoms with E-state index >= 15 is 0 Å². The van der Waals surface area contributed by atoms with Gasteiger partial charge < -0.3 is 20.3 Å². The van der Waals surface area contributed by atoms with Crippen LogP contribution < -0.4 is 15.2 Å². The van der Waals surface area contributed by atoms with E-state index in [4.69, 9.17) is 31.9 Å². The number of hydrogen-bond donors (Lipinski definition) is 2. The highest BCUT2D eigenvalue weighted by Gasteiger charge is 2.26. The average molecular weight is 311 g/mol. The number of pyridine rings is 1. The maximum absolute atomic E-state index is 14.3. The Morgan fingerprint density at radius 1 is 1.43 bits per heavy atom. The molecule has 0 amide bonds. The normalized spacial score (nSPS) is 12.5. The summed E-state index contributed by atoms with van der Waals surface area (Å²) in [5.74, 6) is -1.62. The lowest BCUT2D eigenvalue weighted by Gasteiger charge is -2.11. The Morgan fingerprint density at radius 3 is 2.90 bits per heavy atom. The highest BCUT2D eigenvalue weighted by molar-refractivity contribution is 6.35. The summed E-state index contributed by atoms with van der Waals surface area (Å²) in [6.07, 6.45) is 0. The number of hydrogen-bond acceptors (Lipinski definition) is 5. The molecule has 2 aromatic rings. The standard InChI is InChI=1S/C13H8ClFN2O4/c14-7-9(16)8(15)10(17-11(7)13(18)19)5-2-1-3-6-12(5)21-4-20-6/h1-3H,4H2,(H2,16,17)(H,18,19). The molecule has 1 aliphatic rings. The number of carboxylic acid groups (broad SMARTS) is 1. The Bertz CT molecular complexity index is 766. The highest BCUT2D eigenvalue weighted by Crippen LogP contribution is 2.43. The van der Waals surface area contributed by atoms with Crippen molar-refractivity contribution in [1.82, 2.24) is 4.98 Å². The van der Waals surface area contributed by atoms with E-state index < -0.39 is 28.2 Å². The average Bonchev–Trinajstić information content (AvgIpc) is 2.93. The summed E-state index contributed by atoms with van der Waals surface area (Å²) in [5.41, 5.74) is 4.51. The topological polar surface area (TPSA) is 94.7 Å². The van der Waals surface area contributed by atoms with E-state index in [1.54, 1.807) is 12.1 Å². The van der Waals surface area contributed by atoms with Crippen LogP contribution in [0.3, 0.4) is 0 Å². The van der Waals surface area contributed by atoms with E-state index in [2.05, 4.69) is 4.98 Å². The van der Waals surface area contributed by atoms with Crippen molar-refractivity contribution in [1.29, 1.82) is 0 Å². The number of para-hydroxylation sites is 1. The van der Waals surface area contributed by atoms with Gasteiger partial charge in [-0.3, -0.25) is 0 Å². The van der Waals surface area contributed by atoms with Gasteiger partial charge in [-0.1, -0.05) is 17.7 Å². The molecule has 1 aromatic heterocycles. The molecule has 0 bridgehead atoms. The molecule has 1 aliphatic heterocycles. The Labute approximate surface area is 122 Å². The van der Waals surface area contributed by atoms with Crippen LogP contribution in [-0.2, 0) is 0 Å². The monoisotopic (exact) mass is 310 g/mol. The lowest BCUT2D eigenvalue weighted by Crippen LogP contribution is -2.08. The number of fused-ring (bicyclic) bond motifs is 1. The van der Waals surface area contributed by atoms with Gasteiger partial charge in [-0.05, 0) is 12.1 Å². The first-order valence-electron chi connectivity index (χ1n) is 5.77. The second-order valence-corrected chi connectivity index (χ2v) is 4.57. The number of aromatic nitrogens is 1. The Hall–Kier alpha value is -2.54. The molecule has 6 nitrogen and oxygen atoms in total. The van der Waals surface area contributed by atoms with Gasteiger partial charge in [-0.15, -0.1) is 0 Å². The van der Waals surface area contributed by atoms with Crippen LogP contribution in [0, 0.1) is 5.82 Å². The number of aromatic carboxylic acids is 1. The fourth-order valence-corrected chi connectivity index (χ4v) is 2.20. The Balaban J connectivity index is 2.29. The predicted octanol–water partition coefficient (Wildman–Crippen LogP) is 2.55. The van der Waals surface area contributed by atoms with Gasteiger partial charge in [0.1, 0.15) is 5.69 Å². The minimum absolute atomic E-state index is 0.0111. The molecule has 0 fully saturated rings. The number of halogens is 2. The lowest BCUT2D eigenvalue weighted by molar-refractivity contribution is 0.0690. The van der Waals surface area contributed by atoms with Crippen LogP contribution in [-0.4, -0.2) is 22.9 Å². The van der Waals surface area contributed by atoms with Crippen LogP contribution in [0.2, 0.25) is 5.02 Å². The van der Waals surface area contributed by atoms with Gasteiger partial charge in [0.15, 0.2) is 23.0 Å². The number of nitrogen functional groups attached to an aromatic ring is 1. The molecule has 108 valence electrons. The molecular formula is C13H8ClFN2O4. The number of rotatable bonds is 2. The van der Waals surface area contributed by atoms with Crippen LogP contribution in [0.4, 0.5) is 10.1 Å². The van der Waals surface area contributed by atoms with Crippen molar-refractivity contribution in [3.8, 4) is 22.8 Å². The van der Waals surface area contributed by atoms with E-state index in [1.165, 1.54) is 6.07 Å². The van der Waals surface area contributed by atoms with Gasteiger partial charge in [0.25, 0.3) is 0 Å². The molecule has 0 saturated heterocycles. The first-order chi connectivity index (χ1) is 10.0. The fourth-order valence-electron chi connectivity index (χ4n) is 2.00. The molecule has 2 heterocycles. The second-order valence-electron chi connectivity index (χ2n) is 4.20. The molecule has 3 N–H and O–H groups in total. The smallest absolute Gasteiger partial charge is 0.356 e. The minimum atomic E-state index is -1.40. The number of benzene rings is 1. The molecule has 0 aliphatic carbocycles. The molecule has 0 radical (unpaired) electrons. The zero-order chi connectivity index (χ0) is 15.1. The van der Waals surface area contributed by atoms with Gasteiger partial charge in [-0.2, -0.15) is 0 Å². The summed E-state index contributed by atoms with van der Waals surface area (Å²) in [7, 11) is 0. The van der Waals surface area contributed by atoms with Gasteiger partial charge in [0, 0.05) is 5.56 Å².